The maximum atomic E-state index is 4.39. The highest BCUT2D eigenvalue weighted by molar-refractivity contribution is 5.25. The Balaban J connectivity index is 1.80. The Morgan fingerprint density at radius 1 is 1.53 bits per heavy atom. The van der Waals surface area contributed by atoms with Gasteiger partial charge in [-0.15, -0.1) is 0 Å². The highest BCUT2D eigenvalue weighted by Gasteiger charge is 2.19. The fourth-order valence-corrected chi connectivity index (χ4v) is 2.41. The first-order valence-corrected chi connectivity index (χ1v) is 6.73. The van der Waals surface area contributed by atoms with Crippen molar-refractivity contribution in [3.8, 4) is 0 Å². The van der Waals surface area contributed by atoms with Crippen LogP contribution in [0.15, 0.2) is 12.4 Å². The largest absolute Gasteiger partial charge is 0.355 e. The molecule has 1 aliphatic rings. The summed E-state index contributed by atoms with van der Waals surface area (Å²) in [6.07, 6.45) is 7.71. The van der Waals surface area contributed by atoms with Gasteiger partial charge in [0.05, 0.1) is 0 Å². The summed E-state index contributed by atoms with van der Waals surface area (Å²) >= 11 is 0. The zero-order valence-corrected chi connectivity index (χ0v) is 11.0. The Labute approximate surface area is 104 Å². The Hall–Kier alpha value is -1.03. The number of aromatic nitrogens is 2. The Morgan fingerprint density at radius 2 is 2.41 bits per heavy atom. The number of anilines is 1. The molecule has 2 rings (SSSR count). The molecule has 1 fully saturated rings. The molecule has 0 aromatic carbocycles. The lowest BCUT2D eigenvalue weighted by Crippen LogP contribution is -2.20. The average molecular weight is 236 g/mol. The van der Waals surface area contributed by atoms with Gasteiger partial charge in [0.2, 0.25) is 5.95 Å². The van der Waals surface area contributed by atoms with E-state index in [0.29, 0.717) is 0 Å². The number of nitrogens with one attached hydrogen (secondary N) is 1. The number of imidazole rings is 1. The van der Waals surface area contributed by atoms with Gasteiger partial charge in [0.1, 0.15) is 0 Å². The van der Waals surface area contributed by atoms with E-state index in [-0.39, 0.29) is 0 Å². The van der Waals surface area contributed by atoms with Crippen molar-refractivity contribution in [1.29, 1.82) is 0 Å². The van der Waals surface area contributed by atoms with Crippen LogP contribution >= 0.6 is 0 Å². The first kappa shape index (κ1) is 12.4. The first-order chi connectivity index (χ1) is 8.29. The van der Waals surface area contributed by atoms with E-state index in [9.17, 15) is 0 Å². The molecular weight excluding hydrogens is 212 g/mol. The highest BCUT2D eigenvalue weighted by Crippen LogP contribution is 2.15. The second kappa shape index (κ2) is 6.05. The average Bonchev–Trinajstić information content (AvgIpc) is 2.92. The van der Waals surface area contributed by atoms with Gasteiger partial charge in [-0.25, -0.2) is 4.98 Å². The molecule has 4 nitrogen and oxygen atoms in total. The fraction of sp³-hybridized carbons (Fsp3) is 0.769. The predicted octanol–water partition coefficient (Wildman–Crippen LogP) is 2.05. The first-order valence-electron chi connectivity index (χ1n) is 6.73. The third-order valence-electron chi connectivity index (χ3n) is 3.51. The van der Waals surface area contributed by atoms with Crippen molar-refractivity contribution in [3.63, 3.8) is 0 Å². The van der Waals surface area contributed by atoms with Gasteiger partial charge < -0.3 is 14.8 Å². The maximum absolute atomic E-state index is 4.39. The van der Waals surface area contributed by atoms with E-state index in [1.807, 2.05) is 6.20 Å². The number of hydrogen-bond donors (Lipinski definition) is 1. The molecule has 0 aliphatic carbocycles. The normalized spacial score (nSPS) is 20.9. The van der Waals surface area contributed by atoms with Gasteiger partial charge in [-0.1, -0.05) is 13.3 Å². The molecule has 0 saturated carbocycles. The van der Waals surface area contributed by atoms with E-state index in [1.54, 1.807) is 0 Å². The van der Waals surface area contributed by atoms with E-state index in [0.717, 1.165) is 25.0 Å². The highest BCUT2D eigenvalue weighted by atomic mass is 15.2. The summed E-state index contributed by atoms with van der Waals surface area (Å²) in [5.41, 5.74) is 0. The van der Waals surface area contributed by atoms with Crippen molar-refractivity contribution in [2.45, 2.75) is 32.7 Å². The van der Waals surface area contributed by atoms with Crippen LogP contribution in [0.1, 0.15) is 26.2 Å². The van der Waals surface area contributed by atoms with E-state index < -0.39 is 0 Å². The van der Waals surface area contributed by atoms with Gasteiger partial charge in [0.25, 0.3) is 0 Å². The van der Waals surface area contributed by atoms with E-state index >= 15 is 0 Å². The molecule has 2 heterocycles. The molecule has 0 spiro atoms. The molecular formula is C13H24N4. The van der Waals surface area contributed by atoms with Gasteiger partial charge in [0.15, 0.2) is 0 Å². The van der Waals surface area contributed by atoms with Crippen molar-refractivity contribution in [2.24, 2.45) is 5.92 Å². The lowest BCUT2D eigenvalue weighted by Gasteiger charge is -2.13. The quantitative estimate of drug-likeness (QED) is 0.820. The fourth-order valence-electron chi connectivity index (χ4n) is 2.41. The summed E-state index contributed by atoms with van der Waals surface area (Å²) in [4.78, 5) is 6.79. The Morgan fingerprint density at radius 3 is 3.12 bits per heavy atom. The summed E-state index contributed by atoms with van der Waals surface area (Å²) in [5.74, 6) is 1.81. The van der Waals surface area contributed by atoms with Crippen LogP contribution in [0.2, 0.25) is 0 Å². The topological polar surface area (TPSA) is 33.1 Å². The summed E-state index contributed by atoms with van der Waals surface area (Å²) < 4.78 is 2.22. The molecule has 0 amide bonds. The number of nitrogens with zero attached hydrogens (tertiary/aromatic N) is 3. The van der Waals surface area contributed by atoms with Crippen LogP contribution in [0, 0.1) is 5.92 Å². The molecule has 1 aromatic heterocycles. The van der Waals surface area contributed by atoms with Crippen LogP contribution in [-0.4, -0.2) is 41.1 Å². The molecule has 1 aliphatic heterocycles. The molecule has 96 valence electrons. The summed E-state index contributed by atoms with van der Waals surface area (Å²) in [7, 11) is 2.20. The van der Waals surface area contributed by atoms with Crippen molar-refractivity contribution in [3.05, 3.63) is 12.4 Å². The van der Waals surface area contributed by atoms with Crippen LogP contribution in [0.5, 0.6) is 0 Å². The minimum atomic E-state index is 0.774. The van der Waals surface area contributed by atoms with Gasteiger partial charge >= 0.3 is 0 Å². The molecule has 1 unspecified atom stereocenters. The molecule has 0 radical (unpaired) electrons. The third-order valence-corrected chi connectivity index (χ3v) is 3.51. The van der Waals surface area contributed by atoms with E-state index in [1.165, 1.54) is 32.4 Å². The molecule has 1 saturated heterocycles. The van der Waals surface area contributed by atoms with Crippen LogP contribution in [0.25, 0.3) is 0 Å². The molecule has 1 N–H and O–H groups in total. The summed E-state index contributed by atoms with van der Waals surface area (Å²) in [6, 6.07) is 0. The standard InChI is InChI=1S/C13H24N4/c1-3-4-7-17-9-6-14-13(17)15-10-12-5-8-16(2)11-12/h6,9,12H,3-5,7-8,10-11H2,1-2H3,(H,14,15). The van der Waals surface area contributed by atoms with E-state index in [2.05, 4.69) is 39.9 Å². The van der Waals surface area contributed by atoms with Crippen LogP contribution in [0.4, 0.5) is 5.95 Å². The zero-order chi connectivity index (χ0) is 12.1. The van der Waals surface area contributed by atoms with Crippen LogP contribution in [-0.2, 0) is 6.54 Å². The smallest absolute Gasteiger partial charge is 0.202 e. The number of hydrogen-bond acceptors (Lipinski definition) is 3. The van der Waals surface area contributed by atoms with Crippen molar-refractivity contribution >= 4 is 5.95 Å². The number of unbranched alkanes of at least 4 members (excludes halogenated alkanes) is 1. The third kappa shape index (κ3) is 3.46. The molecule has 1 atom stereocenters. The molecule has 1 aromatic rings. The van der Waals surface area contributed by atoms with Gasteiger partial charge in [-0.3, -0.25) is 0 Å². The van der Waals surface area contributed by atoms with Crippen LogP contribution in [0.3, 0.4) is 0 Å². The van der Waals surface area contributed by atoms with Gasteiger partial charge in [-0.05, 0) is 32.4 Å². The summed E-state index contributed by atoms with van der Waals surface area (Å²) in [6.45, 7) is 6.79. The predicted molar refractivity (Wildman–Crippen MR) is 71.2 cm³/mol. The monoisotopic (exact) mass is 236 g/mol. The minimum Gasteiger partial charge on any atom is -0.355 e. The lowest BCUT2D eigenvalue weighted by atomic mass is 10.1. The minimum absolute atomic E-state index is 0.774. The van der Waals surface area contributed by atoms with E-state index in [4.69, 9.17) is 0 Å². The van der Waals surface area contributed by atoms with Crippen LogP contribution < -0.4 is 5.32 Å². The molecule has 4 heteroatoms. The second-order valence-electron chi connectivity index (χ2n) is 5.10. The van der Waals surface area contributed by atoms with Crippen molar-refractivity contribution < 1.29 is 0 Å². The van der Waals surface area contributed by atoms with Gasteiger partial charge in [0, 0.05) is 32.0 Å². The zero-order valence-electron chi connectivity index (χ0n) is 11.0. The van der Waals surface area contributed by atoms with Crippen molar-refractivity contribution in [1.82, 2.24) is 14.5 Å². The Kier molecular flexibility index (Phi) is 4.42. The second-order valence-corrected chi connectivity index (χ2v) is 5.10. The molecule has 17 heavy (non-hydrogen) atoms. The SMILES string of the molecule is CCCCn1ccnc1NCC1CCN(C)C1. The lowest BCUT2D eigenvalue weighted by molar-refractivity contribution is 0.399. The van der Waals surface area contributed by atoms with Gasteiger partial charge in [-0.2, -0.15) is 0 Å². The number of rotatable bonds is 6. The Bertz CT molecular complexity index is 334. The summed E-state index contributed by atoms with van der Waals surface area (Å²) in [5, 5.41) is 3.49. The maximum Gasteiger partial charge on any atom is 0.202 e. The number of aryl methyl sites for hydroxylation is 1. The number of likely N-dealkylation sites (tertiary alicyclic amines) is 1. The molecule has 0 bridgehead atoms. The van der Waals surface area contributed by atoms with Crippen molar-refractivity contribution in [2.75, 3.05) is 32.0 Å².